The highest BCUT2D eigenvalue weighted by molar-refractivity contribution is 5.35. The summed E-state index contributed by atoms with van der Waals surface area (Å²) in [6.45, 7) is 4.02. The number of fused-ring (bicyclic) bond motifs is 1. The van der Waals surface area contributed by atoms with E-state index in [0.29, 0.717) is 6.04 Å². The zero-order valence-electron chi connectivity index (χ0n) is 11.0. The molecule has 0 heterocycles. The van der Waals surface area contributed by atoms with E-state index in [2.05, 4.69) is 30.4 Å². The van der Waals surface area contributed by atoms with Crippen LogP contribution >= 0.6 is 0 Å². The Balaban J connectivity index is 1.83. The second kappa shape index (κ2) is 6.18. The van der Waals surface area contributed by atoms with Crippen LogP contribution in [0.1, 0.15) is 36.5 Å². The molecule has 0 fully saturated rings. The molecule has 1 aromatic carbocycles. The van der Waals surface area contributed by atoms with Crippen LogP contribution < -0.4 is 5.32 Å². The summed E-state index contributed by atoms with van der Waals surface area (Å²) in [6.07, 6.45) is 4.94. The van der Waals surface area contributed by atoms with Crippen molar-refractivity contribution in [1.29, 1.82) is 0 Å². The van der Waals surface area contributed by atoms with Gasteiger partial charge in [0.15, 0.2) is 0 Å². The predicted molar refractivity (Wildman–Crippen MR) is 71.3 cm³/mol. The molecule has 1 atom stereocenters. The third-order valence-electron chi connectivity index (χ3n) is 3.57. The average Bonchev–Trinajstić information content (AvgIpc) is 2.81. The second-order valence-corrected chi connectivity index (χ2v) is 5.02. The van der Waals surface area contributed by atoms with Crippen LogP contribution in [0.2, 0.25) is 0 Å². The van der Waals surface area contributed by atoms with Gasteiger partial charge in [-0.05, 0) is 49.3 Å². The van der Waals surface area contributed by atoms with Crippen LogP contribution in [-0.2, 0) is 24.1 Å². The van der Waals surface area contributed by atoms with Crippen molar-refractivity contribution in [2.45, 2.75) is 45.2 Å². The maximum absolute atomic E-state index is 5.09. The highest BCUT2D eigenvalue weighted by Gasteiger charge is 2.10. The van der Waals surface area contributed by atoms with Crippen molar-refractivity contribution in [1.82, 2.24) is 5.32 Å². The van der Waals surface area contributed by atoms with Gasteiger partial charge in [-0.2, -0.15) is 0 Å². The molecular weight excluding hydrogens is 210 g/mol. The fourth-order valence-electron chi connectivity index (χ4n) is 2.42. The van der Waals surface area contributed by atoms with E-state index >= 15 is 0 Å². The smallest absolute Gasteiger partial charge is 0.0476 e. The summed E-state index contributed by atoms with van der Waals surface area (Å²) in [4.78, 5) is 0. The molecule has 2 heteroatoms. The van der Waals surface area contributed by atoms with Crippen molar-refractivity contribution >= 4 is 0 Å². The standard InChI is InChI=1S/C15H23NO/c1-12(8-9-17-2)16-11-13-6-7-14-4-3-5-15(14)10-13/h6-7,10,12,16H,3-5,8-9,11H2,1-2H3. The Morgan fingerprint density at radius 2 is 2.12 bits per heavy atom. The topological polar surface area (TPSA) is 21.3 Å². The second-order valence-electron chi connectivity index (χ2n) is 5.02. The van der Waals surface area contributed by atoms with Gasteiger partial charge in [-0.25, -0.2) is 0 Å². The largest absolute Gasteiger partial charge is 0.385 e. The third-order valence-corrected chi connectivity index (χ3v) is 3.57. The van der Waals surface area contributed by atoms with E-state index in [4.69, 9.17) is 4.74 Å². The maximum Gasteiger partial charge on any atom is 0.0476 e. The van der Waals surface area contributed by atoms with Gasteiger partial charge in [-0.15, -0.1) is 0 Å². The molecule has 1 unspecified atom stereocenters. The Kier molecular flexibility index (Phi) is 4.57. The normalized spacial score (nSPS) is 15.9. The quantitative estimate of drug-likeness (QED) is 0.815. The molecule has 0 saturated heterocycles. The number of hydrogen-bond acceptors (Lipinski definition) is 2. The Morgan fingerprint density at radius 3 is 2.94 bits per heavy atom. The summed E-state index contributed by atoms with van der Waals surface area (Å²) in [5.74, 6) is 0. The molecule has 0 bridgehead atoms. The maximum atomic E-state index is 5.09. The lowest BCUT2D eigenvalue weighted by Crippen LogP contribution is -2.26. The molecule has 17 heavy (non-hydrogen) atoms. The van der Waals surface area contributed by atoms with Gasteiger partial charge in [-0.1, -0.05) is 18.2 Å². The lowest BCUT2D eigenvalue weighted by molar-refractivity contribution is 0.184. The van der Waals surface area contributed by atoms with Gasteiger partial charge >= 0.3 is 0 Å². The Labute approximate surface area is 104 Å². The van der Waals surface area contributed by atoms with Crippen LogP contribution in [0.15, 0.2) is 18.2 Å². The van der Waals surface area contributed by atoms with Gasteiger partial charge in [0, 0.05) is 26.3 Å². The molecular formula is C15H23NO. The fraction of sp³-hybridized carbons (Fsp3) is 0.600. The summed E-state index contributed by atoms with van der Waals surface area (Å²) in [5, 5.41) is 3.54. The van der Waals surface area contributed by atoms with E-state index in [1.165, 1.54) is 24.8 Å². The first-order chi connectivity index (χ1) is 8.29. The number of hydrogen-bond donors (Lipinski definition) is 1. The Hall–Kier alpha value is -0.860. The summed E-state index contributed by atoms with van der Waals surface area (Å²) >= 11 is 0. The van der Waals surface area contributed by atoms with E-state index in [-0.39, 0.29) is 0 Å². The molecule has 1 aliphatic rings. The van der Waals surface area contributed by atoms with Crippen molar-refractivity contribution in [3.05, 3.63) is 34.9 Å². The van der Waals surface area contributed by atoms with Gasteiger partial charge in [0.2, 0.25) is 0 Å². The van der Waals surface area contributed by atoms with Crippen LogP contribution in [0, 0.1) is 0 Å². The Morgan fingerprint density at radius 1 is 1.29 bits per heavy atom. The minimum absolute atomic E-state index is 0.517. The summed E-state index contributed by atoms with van der Waals surface area (Å²) in [5.41, 5.74) is 4.53. The lowest BCUT2D eigenvalue weighted by Gasteiger charge is -2.13. The van der Waals surface area contributed by atoms with Crippen LogP contribution in [0.25, 0.3) is 0 Å². The predicted octanol–water partition coefficient (Wildman–Crippen LogP) is 2.69. The van der Waals surface area contributed by atoms with Crippen molar-refractivity contribution in [3.8, 4) is 0 Å². The van der Waals surface area contributed by atoms with E-state index < -0.39 is 0 Å². The number of benzene rings is 1. The zero-order valence-corrected chi connectivity index (χ0v) is 11.0. The van der Waals surface area contributed by atoms with E-state index in [1.807, 2.05) is 0 Å². The molecule has 0 amide bonds. The highest BCUT2D eigenvalue weighted by Crippen LogP contribution is 2.22. The molecule has 0 aromatic heterocycles. The fourth-order valence-corrected chi connectivity index (χ4v) is 2.42. The van der Waals surface area contributed by atoms with Gasteiger partial charge in [-0.3, -0.25) is 0 Å². The van der Waals surface area contributed by atoms with Crippen LogP contribution in [0.3, 0.4) is 0 Å². The number of aryl methyl sites for hydroxylation is 2. The van der Waals surface area contributed by atoms with Crippen molar-refractivity contribution in [2.24, 2.45) is 0 Å². The van der Waals surface area contributed by atoms with Gasteiger partial charge < -0.3 is 10.1 Å². The molecule has 1 aliphatic carbocycles. The minimum Gasteiger partial charge on any atom is -0.385 e. The molecule has 94 valence electrons. The highest BCUT2D eigenvalue weighted by atomic mass is 16.5. The van der Waals surface area contributed by atoms with Gasteiger partial charge in [0.25, 0.3) is 0 Å². The summed E-state index contributed by atoms with van der Waals surface area (Å²) < 4.78 is 5.09. The first-order valence-electron chi connectivity index (χ1n) is 6.62. The average molecular weight is 233 g/mol. The van der Waals surface area contributed by atoms with E-state index in [1.54, 1.807) is 18.2 Å². The molecule has 0 spiro atoms. The number of methoxy groups -OCH3 is 1. The van der Waals surface area contributed by atoms with Crippen LogP contribution in [0.4, 0.5) is 0 Å². The molecule has 2 nitrogen and oxygen atoms in total. The van der Waals surface area contributed by atoms with Crippen molar-refractivity contribution in [2.75, 3.05) is 13.7 Å². The number of nitrogens with one attached hydrogen (secondary N) is 1. The van der Waals surface area contributed by atoms with E-state index in [0.717, 1.165) is 19.6 Å². The van der Waals surface area contributed by atoms with Crippen LogP contribution in [0.5, 0.6) is 0 Å². The Bertz CT molecular complexity index is 362. The molecule has 0 aliphatic heterocycles. The first-order valence-corrected chi connectivity index (χ1v) is 6.62. The summed E-state index contributed by atoms with van der Waals surface area (Å²) in [7, 11) is 1.76. The zero-order chi connectivity index (χ0) is 12.1. The van der Waals surface area contributed by atoms with Crippen molar-refractivity contribution < 1.29 is 4.74 Å². The molecule has 0 saturated carbocycles. The first kappa shape index (κ1) is 12.6. The van der Waals surface area contributed by atoms with Gasteiger partial charge in [0.1, 0.15) is 0 Å². The minimum atomic E-state index is 0.517. The molecule has 1 aromatic rings. The molecule has 2 rings (SSSR count). The van der Waals surface area contributed by atoms with Gasteiger partial charge in [0.05, 0.1) is 0 Å². The number of rotatable bonds is 6. The molecule has 0 radical (unpaired) electrons. The summed E-state index contributed by atoms with van der Waals surface area (Å²) in [6, 6.07) is 7.46. The molecule has 1 N–H and O–H groups in total. The van der Waals surface area contributed by atoms with E-state index in [9.17, 15) is 0 Å². The monoisotopic (exact) mass is 233 g/mol. The van der Waals surface area contributed by atoms with Crippen LogP contribution in [-0.4, -0.2) is 19.8 Å². The number of ether oxygens (including phenoxy) is 1. The SMILES string of the molecule is COCCC(C)NCc1ccc2c(c1)CCC2. The van der Waals surface area contributed by atoms with Crippen molar-refractivity contribution in [3.63, 3.8) is 0 Å². The third kappa shape index (κ3) is 3.55. The lowest BCUT2D eigenvalue weighted by atomic mass is 10.1.